The third-order valence-corrected chi connectivity index (χ3v) is 7.25. The lowest BCUT2D eigenvalue weighted by Crippen LogP contribution is -2.52. The Morgan fingerprint density at radius 1 is 1.00 bits per heavy atom. The molecule has 1 aromatic heterocycles. The Balaban J connectivity index is 1.27. The van der Waals surface area contributed by atoms with Crippen LogP contribution in [-0.4, -0.2) is 96.4 Å². The van der Waals surface area contributed by atoms with Gasteiger partial charge in [0, 0.05) is 65.0 Å². The number of carbonyl (C=O) groups is 2. The van der Waals surface area contributed by atoms with Crippen molar-refractivity contribution in [3.63, 3.8) is 0 Å². The standard InChI is InChI=1S/C24H31ClFN7O2S/c1-2-7-27-24(35)33-14-10-31(11-15-33)21-16-20(25)28-23(29-21)36-17-22(34)32-12-8-30(9-13-32)19-6-4-3-5-18(19)26/h3-6,16H,2,7-15,17H2,1H3,(H,27,35). The fourth-order valence-electron chi connectivity index (χ4n) is 4.22. The lowest BCUT2D eigenvalue weighted by Gasteiger charge is -2.36. The minimum atomic E-state index is -0.247. The smallest absolute Gasteiger partial charge is 0.317 e. The van der Waals surface area contributed by atoms with Gasteiger partial charge in [-0.05, 0) is 18.6 Å². The molecule has 12 heteroatoms. The van der Waals surface area contributed by atoms with Crippen molar-refractivity contribution in [3.05, 3.63) is 41.3 Å². The first kappa shape index (κ1) is 26.3. The molecule has 0 unspecified atom stereocenters. The van der Waals surface area contributed by atoms with Crippen molar-refractivity contribution in [2.45, 2.75) is 18.5 Å². The van der Waals surface area contributed by atoms with Crippen LogP contribution in [0, 0.1) is 5.82 Å². The van der Waals surface area contributed by atoms with Crippen molar-refractivity contribution < 1.29 is 14.0 Å². The van der Waals surface area contributed by atoms with E-state index in [1.807, 2.05) is 17.9 Å². The number of hydrogen-bond acceptors (Lipinski definition) is 7. The molecule has 3 heterocycles. The molecule has 1 N–H and O–H groups in total. The number of para-hydroxylation sites is 1. The molecule has 194 valence electrons. The number of nitrogens with zero attached hydrogens (tertiary/aromatic N) is 6. The average molecular weight is 536 g/mol. The van der Waals surface area contributed by atoms with Gasteiger partial charge in [0.1, 0.15) is 16.8 Å². The Morgan fingerprint density at radius 2 is 1.67 bits per heavy atom. The normalized spacial score (nSPS) is 16.3. The molecule has 0 atom stereocenters. The molecule has 1 aromatic carbocycles. The summed E-state index contributed by atoms with van der Waals surface area (Å²) in [7, 11) is 0. The van der Waals surface area contributed by atoms with Crippen molar-refractivity contribution >= 4 is 46.8 Å². The fourth-order valence-corrected chi connectivity index (χ4v) is 5.20. The summed E-state index contributed by atoms with van der Waals surface area (Å²) in [5, 5.41) is 3.67. The minimum absolute atomic E-state index is 0.00925. The van der Waals surface area contributed by atoms with Crippen LogP contribution in [0.3, 0.4) is 0 Å². The number of rotatable bonds is 7. The first-order chi connectivity index (χ1) is 17.4. The van der Waals surface area contributed by atoms with E-state index in [9.17, 15) is 14.0 Å². The molecule has 0 aliphatic carbocycles. The Morgan fingerprint density at radius 3 is 2.36 bits per heavy atom. The predicted octanol–water partition coefficient (Wildman–Crippen LogP) is 2.95. The van der Waals surface area contributed by atoms with Gasteiger partial charge in [-0.1, -0.05) is 42.4 Å². The molecule has 0 radical (unpaired) electrons. The SMILES string of the molecule is CCCNC(=O)N1CCN(c2cc(Cl)nc(SCC(=O)N3CCN(c4ccccc4F)CC3)n2)CC1. The van der Waals surface area contributed by atoms with Gasteiger partial charge in [0.25, 0.3) is 0 Å². The lowest BCUT2D eigenvalue weighted by molar-refractivity contribution is -0.128. The number of anilines is 2. The molecule has 2 saturated heterocycles. The summed E-state index contributed by atoms with van der Waals surface area (Å²) in [4.78, 5) is 41.5. The molecule has 0 spiro atoms. The van der Waals surface area contributed by atoms with Gasteiger partial charge >= 0.3 is 6.03 Å². The summed E-state index contributed by atoms with van der Waals surface area (Å²) >= 11 is 7.52. The average Bonchev–Trinajstić information content (AvgIpc) is 2.90. The van der Waals surface area contributed by atoms with Crippen LogP contribution in [0.2, 0.25) is 5.15 Å². The summed E-state index contributed by atoms with van der Waals surface area (Å²) in [6, 6.07) is 8.37. The number of carbonyl (C=O) groups excluding carboxylic acids is 2. The molecule has 2 aromatic rings. The fraction of sp³-hybridized carbons (Fsp3) is 0.500. The number of piperazine rings is 2. The molecule has 36 heavy (non-hydrogen) atoms. The van der Waals surface area contributed by atoms with Crippen LogP contribution in [0.1, 0.15) is 13.3 Å². The van der Waals surface area contributed by atoms with Crippen molar-refractivity contribution in [2.24, 2.45) is 0 Å². The zero-order valence-electron chi connectivity index (χ0n) is 20.3. The number of urea groups is 1. The maximum atomic E-state index is 14.1. The van der Waals surface area contributed by atoms with E-state index in [-0.39, 0.29) is 23.5 Å². The zero-order valence-corrected chi connectivity index (χ0v) is 21.9. The molecule has 2 fully saturated rings. The van der Waals surface area contributed by atoms with Gasteiger partial charge < -0.3 is 24.9 Å². The first-order valence-electron chi connectivity index (χ1n) is 12.2. The molecule has 2 aliphatic heterocycles. The van der Waals surface area contributed by atoms with Gasteiger partial charge in [-0.15, -0.1) is 0 Å². The largest absolute Gasteiger partial charge is 0.366 e. The number of amides is 3. The Kier molecular flexibility index (Phi) is 9.08. The Labute approximate surface area is 220 Å². The van der Waals surface area contributed by atoms with Crippen LogP contribution in [0.15, 0.2) is 35.5 Å². The maximum absolute atomic E-state index is 14.1. The van der Waals surface area contributed by atoms with Crippen LogP contribution < -0.4 is 15.1 Å². The van der Waals surface area contributed by atoms with Gasteiger partial charge in [0.2, 0.25) is 5.91 Å². The molecule has 2 aliphatic rings. The van der Waals surface area contributed by atoms with Crippen LogP contribution in [0.25, 0.3) is 0 Å². The second-order valence-corrected chi connectivity index (χ2v) is 9.98. The number of benzene rings is 1. The van der Waals surface area contributed by atoms with Gasteiger partial charge in [0.05, 0.1) is 11.4 Å². The predicted molar refractivity (Wildman–Crippen MR) is 140 cm³/mol. The zero-order chi connectivity index (χ0) is 25.5. The minimum Gasteiger partial charge on any atom is -0.366 e. The number of halogens is 2. The molecule has 3 amide bonds. The van der Waals surface area contributed by atoms with E-state index in [1.54, 1.807) is 28.0 Å². The summed E-state index contributed by atoms with van der Waals surface area (Å²) in [5.74, 6) is 0.634. The third-order valence-electron chi connectivity index (χ3n) is 6.23. The maximum Gasteiger partial charge on any atom is 0.317 e. The van der Waals surface area contributed by atoms with E-state index in [4.69, 9.17) is 11.6 Å². The van der Waals surface area contributed by atoms with Crippen LogP contribution in [-0.2, 0) is 4.79 Å². The van der Waals surface area contributed by atoms with E-state index < -0.39 is 0 Å². The Bertz CT molecular complexity index is 1060. The molecule has 9 nitrogen and oxygen atoms in total. The number of thioether (sulfide) groups is 1. The van der Waals surface area contributed by atoms with Gasteiger partial charge in [-0.3, -0.25) is 4.79 Å². The van der Waals surface area contributed by atoms with Crippen molar-refractivity contribution in [1.82, 2.24) is 25.1 Å². The highest BCUT2D eigenvalue weighted by atomic mass is 35.5. The van der Waals surface area contributed by atoms with E-state index in [2.05, 4.69) is 20.2 Å². The molecular weight excluding hydrogens is 505 g/mol. The van der Waals surface area contributed by atoms with Crippen molar-refractivity contribution in [3.8, 4) is 0 Å². The second kappa shape index (κ2) is 12.4. The third kappa shape index (κ3) is 6.70. The van der Waals surface area contributed by atoms with Crippen molar-refractivity contribution in [1.29, 1.82) is 0 Å². The van der Waals surface area contributed by atoms with Gasteiger partial charge in [0.15, 0.2) is 5.16 Å². The van der Waals surface area contributed by atoms with E-state index in [0.29, 0.717) is 80.7 Å². The number of nitrogens with one attached hydrogen (secondary N) is 1. The molecule has 4 rings (SSSR count). The van der Waals surface area contributed by atoms with Gasteiger partial charge in [-0.2, -0.15) is 0 Å². The molecule has 0 saturated carbocycles. The topological polar surface area (TPSA) is 84.9 Å². The Hall–Kier alpha value is -2.79. The summed E-state index contributed by atoms with van der Waals surface area (Å²) in [6.45, 7) is 7.39. The first-order valence-corrected chi connectivity index (χ1v) is 13.5. The number of aromatic nitrogens is 2. The monoisotopic (exact) mass is 535 g/mol. The second-order valence-electron chi connectivity index (χ2n) is 8.65. The van der Waals surface area contributed by atoms with Gasteiger partial charge in [-0.25, -0.2) is 19.2 Å². The van der Waals surface area contributed by atoms with Crippen LogP contribution >= 0.6 is 23.4 Å². The van der Waals surface area contributed by atoms with Crippen LogP contribution in [0.4, 0.5) is 20.7 Å². The lowest BCUT2D eigenvalue weighted by atomic mass is 10.2. The summed E-state index contributed by atoms with van der Waals surface area (Å²) in [6.07, 6.45) is 0.901. The quantitative estimate of drug-likeness (QED) is 0.331. The van der Waals surface area contributed by atoms with E-state index >= 15 is 0 Å². The van der Waals surface area contributed by atoms with Crippen molar-refractivity contribution in [2.75, 3.05) is 74.5 Å². The van der Waals surface area contributed by atoms with E-state index in [0.717, 1.165) is 6.42 Å². The van der Waals surface area contributed by atoms with Crippen LogP contribution in [0.5, 0.6) is 0 Å². The summed E-state index contributed by atoms with van der Waals surface area (Å²) < 4.78 is 14.1. The van der Waals surface area contributed by atoms with E-state index in [1.165, 1.54) is 17.8 Å². The molecular formula is C24H31ClFN7O2S. The highest BCUT2D eigenvalue weighted by Gasteiger charge is 2.24. The highest BCUT2D eigenvalue weighted by molar-refractivity contribution is 7.99. The number of hydrogen-bond donors (Lipinski definition) is 1. The summed E-state index contributed by atoms with van der Waals surface area (Å²) in [5.41, 5.74) is 0.571. The molecule has 0 bridgehead atoms. The highest BCUT2D eigenvalue weighted by Crippen LogP contribution is 2.24.